The summed E-state index contributed by atoms with van der Waals surface area (Å²) in [4.78, 5) is 0. The summed E-state index contributed by atoms with van der Waals surface area (Å²) in [6, 6.07) is 0. The summed E-state index contributed by atoms with van der Waals surface area (Å²) >= 11 is 0. The van der Waals surface area contributed by atoms with Gasteiger partial charge in [0.15, 0.2) is 17.9 Å². The van der Waals surface area contributed by atoms with Gasteiger partial charge in [-0.3, -0.25) is 0 Å². The highest BCUT2D eigenvalue weighted by Gasteiger charge is 2.77. The maximum atomic E-state index is 13.1. The van der Waals surface area contributed by atoms with Gasteiger partial charge in [-0.05, 0) is 72.6 Å². The van der Waals surface area contributed by atoms with Crippen LogP contribution in [0, 0.1) is 46.8 Å². The maximum Gasteiger partial charge on any atom is 0.187 e. The number of hydrogen-bond acceptors (Lipinski definition) is 11. The van der Waals surface area contributed by atoms with Crippen LogP contribution in [0.5, 0.6) is 0 Å². The number of rotatable bonds is 6. The molecule has 11 heteroatoms. The molecule has 16 atom stereocenters. The second kappa shape index (κ2) is 11.8. The van der Waals surface area contributed by atoms with E-state index in [0.29, 0.717) is 44.9 Å². The lowest BCUT2D eigenvalue weighted by Crippen LogP contribution is -2.78. The molecule has 1 spiro atoms. The van der Waals surface area contributed by atoms with Gasteiger partial charge in [-0.25, -0.2) is 0 Å². The van der Waals surface area contributed by atoms with Crippen molar-refractivity contribution >= 4 is 0 Å². The highest BCUT2D eigenvalue weighted by atomic mass is 16.8. The Morgan fingerprint density at radius 1 is 0.958 bits per heavy atom. The fourth-order valence-electron chi connectivity index (χ4n) is 11.7. The molecule has 4 saturated carbocycles. The molecule has 0 radical (unpaired) electrons. The molecular formula is C37H58O11. The van der Waals surface area contributed by atoms with Gasteiger partial charge in [0.05, 0.1) is 53.7 Å². The van der Waals surface area contributed by atoms with Gasteiger partial charge in [0.2, 0.25) is 0 Å². The Morgan fingerprint density at radius 3 is 2.40 bits per heavy atom. The van der Waals surface area contributed by atoms with Gasteiger partial charge >= 0.3 is 0 Å². The number of aliphatic hydroxyl groups is 3. The van der Waals surface area contributed by atoms with Crippen LogP contribution in [-0.4, -0.2) is 108 Å². The molecule has 3 N–H and O–H groups in total. The summed E-state index contributed by atoms with van der Waals surface area (Å²) in [5, 5.41) is 36.9. The number of terminal acetylenes is 1. The second-order valence-corrected chi connectivity index (χ2v) is 17.3. The van der Waals surface area contributed by atoms with Gasteiger partial charge in [0.1, 0.15) is 19.0 Å². The summed E-state index contributed by atoms with van der Waals surface area (Å²) < 4.78 is 51.2. The molecule has 3 heterocycles. The van der Waals surface area contributed by atoms with Gasteiger partial charge < -0.3 is 53.2 Å². The van der Waals surface area contributed by atoms with E-state index in [4.69, 9.17) is 44.3 Å². The molecule has 4 unspecified atom stereocenters. The summed E-state index contributed by atoms with van der Waals surface area (Å²) in [6.45, 7) is 14.1. The Hall–Kier alpha value is -0.880. The topological polar surface area (TPSA) is 135 Å². The molecule has 48 heavy (non-hydrogen) atoms. The largest absolute Gasteiger partial charge is 0.389 e. The number of ether oxygens (including phenoxy) is 8. The second-order valence-electron chi connectivity index (χ2n) is 17.3. The molecule has 11 nitrogen and oxygen atoms in total. The van der Waals surface area contributed by atoms with Crippen molar-refractivity contribution in [3.63, 3.8) is 0 Å². The van der Waals surface area contributed by atoms with Crippen molar-refractivity contribution in [2.24, 2.45) is 34.5 Å². The van der Waals surface area contributed by atoms with Crippen molar-refractivity contribution in [2.75, 3.05) is 20.5 Å². The average molecular weight is 679 g/mol. The van der Waals surface area contributed by atoms with Crippen LogP contribution in [0.1, 0.15) is 93.4 Å². The number of aliphatic hydroxyl groups excluding tert-OH is 1. The van der Waals surface area contributed by atoms with Crippen molar-refractivity contribution in [3.05, 3.63) is 0 Å². The minimum absolute atomic E-state index is 0.0550. The molecular weight excluding hydrogens is 620 g/mol. The monoisotopic (exact) mass is 678 g/mol. The first kappa shape index (κ1) is 35.5. The lowest BCUT2D eigenvalue weighted by Gasteiger charge is -2.71. The van der Waals surface area contributed by atoms with E-state index in [9.17, 15) is 15.3 Å². The average Bonchev–Trinajstić information content (AvgIpc) is 3.49. The highest BCUT2D eigenvalue weighted by molar-refractivity contribution is 5.26. The first-order valence-electron chi connectivity index (χ1n) is 18.1. The summed E-state index contributed by atoms with van der Waals surface area (Å²) in [7, 11) is 1.59. The Morgan fingerprint density at radius 2 is 1.69 bits per heavy atom. The molecule has 7 fully saturated rings. The Kier molecular flexibility index (Phi) is 8.75. The van der Waals surface area contributed by atoms with E-state index in [2.05, 4.69) is 19.8 Å². The van der Waals surface area contributed by atoms with Crippen LogP contribution in [0.2, 0.25) is 0 Å². The fraction of sp³-hybridized carbons (Fsp3) is 0.946. The van der Waals surface area contributed by atoms with Gasteiger partial charge in [-0.2, -0.15) is 0 Å². The first-order chi connectivity index (χ1) is 22.4. The van der Waals surface area contributed by atoms with Crippen LogP contribution < -0.4 is 0 Å². The molecule has 4 aliphatic carbocycles. The van der Waals surface area contributed by atoms with Crippen LogP contribution in [0.15, 0.2) is 0 Å². The smallest absolute Gasteiger partial charge is 0.187 e. The predicted molar refractivity (Wildman–Crippen MR) is 172 cm³/mol. The zero-order valence-electron chi connectivity index (χ0n) is 30.0. The Bertz CT molecular complexity index is 1270. The third kappa shape index (κ3) is 5.11. The van der Waals surface area contributed by atoms with E-state index >= 15 is 0 Å². The van der Waals surface area contributed by atoms with Crippen LogP contribution in [0.25, 0.3) is 0 Å². The standard InChI is InChI=1S/C37H58O11/c1-10-25(38)23-12-14-37(40)24-11-13-35(39)16-22(45-31-30-29(20(2)21(3)44-31)47-33(6,7)48-30)15-27-36(35,18-43-32(4,5)46-27)28(24)26(42-19-41-9)17-34(23,37)8/h1,20-31,38-40H,11-19H2,2-9H3/t20-,21-,22-,23+,24?,25?,26?,27+,28?,29+,30+,31-,34+,35-,36+,37-/m0/s1. The third-order valence-corrected chi connectivity index (χ3v) is 14.1. The zero-order chi connectivity index (χ0) is 34.7. The Labute approximate surface area is 285 Å². The molecule has 3 saturated heterocycles. The van der Waals surface area contributed by atoms with Crippen molar-refractivity contribution in [3.8, 4) is 12.3 Å². The normalized spacial score (nSPS) is 54.2. The van der Waals surface area contributed by atoms with E-state index in [1.165, 1.54) is 0 Å². The molecule has 7 rings (SSSR count). The van der Waals surface area contributed by atoms with Crippen LogP contribution >= 0.6 is 0 Å². The van der Waals surface area contributed by atoms with Gasteiger partial charge in [0.25, 0.3) is 0 Å². The summed E-state index contributed by atoms with van der Waals surface area (Å²) in [5.74, 6) is 0.150. The maximum absolute atomic E-state index is 13.1. The minimum atomic E-state index is -1.26. The molecule has 7 aliphatic rings. The first-order valence-corrected chi connectivity index (χ1v) is 18.1. The SMILES string of the molecule is C#CC(O)[C@H]1CC[C@]2(O)C3CC[C@]4(O)C[C@@H](O[C@@H]5O[C@@H](C)[C@H](C)[C@H]6OC(C)(C)O[C@@H]56)C[C@H]5OC(C)(C)OC[C@]54C3C(OCOC)C[C@]12C. The molecule has 0 aromatic heterocycles. The van der Waals surface area contributed by atoms with Gasteiger partial charge in [0, 0.05) is 43.1 Å². The van der Waals surface area contributed by atoms with E-state index in [1.807, 2.05) is 34.6 Å². The Balaban J connectivity index is 1.25. The molecule has 0 bridgehead atoms. The van der Waals surface area contributed by atoms with Crippen LogP contribution in [-0.2, 0) is 37.9 Å². The number of fused-ring (bicyclic) bond motifs is 4. The quantitative estimate of drug-likeness (QED) is 0.217. The van der Waals surface area contributed by atoms with Crippen molar-refractivity contribution in [2.45, 2.75) is 165 Å². The highest BCUT2D eigenvalue weighted by Crippen LogP contribution is 2.72. The van der Waals surface area contributed by atoms with Crippen molar-refractivity contribution < 1.29 is 53.2 Å². The molecule has 3 aliphatic heterocycles. The van der Waals surface area contributed by atoms with Crippen LogP contribution in [0.4, 0.5) is 0 Å². The summed E-state index contributed by atoms with van der Waals surface area (Å²) in [5.41, 5.74) is -3.99. The van der Waals surface area contributed by atoms with Gasteiger partial charge in [-0.15, -0.1) is 6.42 Å². The molecule has 272 valence electrons. The molecule has 0 aromatic carbocycles. The lowest BCUT2D eigenvalue weighted by atomic mass is 9.40. The van der Waals surface area contributed by atoms with E-state index in [-0.39, 0.29) is 49.3 Å². The predicted octanol–water partition coefficient (Wildman–Crippen LogP) is 3.50. The zero-order valence-corrected chi connectivity index (χ0v) is 30.0. The van der Waals surface area contributed by atoms with Crippen molar-refractivity contribution in [1.82, 2.24) is 0 Å². The van der Waals surface area contributed by atoms with E-state index in [0.717, 1.165) is 0 Å². The van der Waals surface area contributed by atoms with Crippen LogP contribution in [0.3, 0.4) is 0 Å². The molecule has 0 amide bonds. The molecule has 0 aromatic rings. The summed E-state index contributed by atoms with van der Waals surface area (Å²) in [6.07, 6.45) is 5.54. The fourth-order valence-corrected chi connectivity index (χ4v) is 11.7. The van der Waals surface area contributed by atoms with Gasteiger partial charge in [-0.1, -0.05) is 19.8 Å². The van der Waals surface area contributed by atoms with E-state index in [1.54, 1.807) is 7.11 Å². The minimum Gasteiger partial charge on any atom is -0.389 e. The van der Waals surface area contributed by atoms with E-state index < -0.39 is 70.4 Å². The number of methoxy groups -OCH3 is 1. The lowest BCUT2D eigenvalue weighted by molar-refractivity contribution is -0.410. The third-order valence-electron chi connectivity index (χ3n) is 14.1. The number of hydrogen-bond donors (Lipinski definition) is 3. The van der Waals surface area contributed by atoms with Crippen molar-refractivity contribution in [1.29, 1.82) is 0 Å².